The van der Waals surface area contributed by atoms with Crippen LogP contribution in [-0.2, 0) is 18.4 Å². The van der Waals surface area contributed by atoms with Crippen LogP contribution in [-0.4, -0.2) is 39.1 Å². The first-order chi connectivity index (χ1) is 14.1. The van der Waals surface area contributed by atoms with Gasteiger partial charge in [0.05, 0.1) is 12.4 Å². The minimum absolute atomic E-state index is 0.0703. The number of methoxy groups -OCH3 is 1. The van der Waals surface area contributed by atoms with Gasteiger partial charge >= 0.3 is 0 Å². The van der Waals surface area contributed by atoms with Crippen molar-refractivity contribution in [3.05, 3.63) is 30.1 Å². The summed E-state index contributed by atoms with van der Waals surface area (Å²) in [4.78, 5) is 12.6. The second-order valence-electron chi connectivity index (χ2n) is 7.38. The van der Waals surface area contributed by atoms with E-state index in [0.717, 1.165) is 24.3 Å². The van der Waals surface area contributed by atoms with Crippen molar-refractivity contribution in [3.8, 4) is 11.5 Å². The zero-order valence-corrected chi connectivity index (χ0v) is 18.2. The van der Waals surface area contributed by atoms with Crippen LogP contribution < -0.4 is 14.8 Å². The van der Waals surface area contributed by atoms with Crippen LogP contribution in [0.15, 0.2) is 29.4 Å². The van der Waals surface area contributed by atoms with Gasteiger partial charge in [0.1, 0.15) is 18.1 Å². The number of aromatic nitrogens is 3. The zero-order chi connectivity index (χ0) is 20.6. The summed E-state index contributed by atoms with van der Waals surface area (Å²) in [6.45, 7) is 2.22. The molecule has 1 heterocycles. The van der Waals surface area contributed by atoms with E-state index in [4.69, 9.17) is 9.47 Å². The number of benzene rings is 1. The lowest BCUT2D eigenvalue weighted by Gasteiger charge is -2.19. The molecule has 1 aliphatic rings. The summed E-state index contributed by atoms with van der Waals surface area (Å²) in [5.74, 6) is 2.30. The second kappa shape index (κ2) is 10.5. The Morgan fingerprint density at radius 1 is 1.17 bits per heavy atom. The Bertz CT molecular complexity index is 786. The van der Waals surface area contributed by atoms with Gasteiger partial charge in [0.25, 0.3) is 0 Å². The first kappa shape index (κ1) is 21.5. The molecule has 0 saturated heterocycles. The van der Waals surface area contributed by atoms with Gasteiger partial charge in [-0.1, -0.05) is 37.4 Å². The van der Waals surface area contributed by atoms with E-state index >= 15 is 0 Å². The normalized spacial score (nSPS) is 16.1. The molecule has 1 aromatic carbocycles. The van der Waals surface area contributed by atoms with Crippen molar-refractivity contribution in [2.45, 2.75) is 68.5 Å². The third-order valence-corrected chi connectivity index (χ3v) is 6.34. The number of carbonyl (C=O) groups excluding carboxylic acids is 1. The molecule has 3 rings (SSSR count). The van der Waals surface area contributed by atoms with Crippen LogP contribution in [0.5, 0.6) is 11.5 Å². The van der Waals surface area contributed by atoms with Crippen molar-refractivity contribution in [3.63, 3.8) is 0 Å². The number of ether oxygens (including phenoxy) is 2. The van der Waals surface area contributed by atoms with E-state index in [0.29, 0.717) is 23.6 Å². The van der Waals surface area contributed by atoms with Crippen LogP contribution in [0.3, 0.4) is 0 Å². The first-order valence-electron chi connectivity index (χ1n) is 10.2. The van der Waals surface area contributed by atoms with E-state index in [9.17, 15) is 4.79 Å². The number of carbonyl (C=O) groups is 1. The molecule has 1 N–H and O–H groups in total. The summed E-state index contributed by atoms with van der Waals surface area (Å²) < 4.78 is 12.8. The van der Waals surface area contributed by atoms with Crippen LogP contribution in [0.4, 0.5) is 0 Å². The minimum atomic E-state index is -0.225. The van der Waals surface area contributed by atoms with Gasteiger partial charge in [-0.15, -0.1) is 10.2 Å². The molecule has 1 amide bonds. The standard InChI is InChI=1S/C21H30N4O3S/c1-15(20(26)22-16-8-6-4-5-7-9-16)29-21-24-23-19(25(21)2)14-28-18-12-10-17(27-3)11-13-18/h10-13,15-16H,4-9,14H2,1-3H3,(H,22,26)/t15-/m0/s1. The number of nitrogens with one attached hydrogen (secondary N) is 1. The summed E-state index contributed by atoms with van der Waals surface area (Å²) in [5.41, 5.74) is 0. The summed E-state index contributed by atoms with van der Waals surface area (Å²) in [7, 11) is 3.53. The van der Waals surface area contributed by atoms with Crippen molar-refractivity contribution in [1.82, 2.24) is 20.1 Å². The van der Waals surface area contributed by atoms with Crippen LogP contribution in [0, 0.1) is 0 Å². The molecule has 8 heteroatoms. The molecule has 1 atom stereocenters. The molecule has 0 radical (unpaired) electrons. The van der Waals surface area contributed by atoms with Gasteiger partial charge in [-0.25, -0.2) is 0 Å². The van der Waals surface area contributed by atoms with Crippen molar-refractivity contribution < 1.29 is 14.3 Å². The zero-order valence-electron chi connectivity index (χ0n) is 17.4. The lowest BCUT2D eigenvalue weighted by Crippen LogP contribution is -2.39. The number of hydrogen-bond donors (Lipinski definition) is 1. The molecule has 0 aliphatic heterocycles. The molecule has 158 valence electrons. The molecule has 1 saturated carbocycles. The molecular weight excluding hydrogens is 388 g/mol. The van der Waals surface area contributed by atoms with Gasteiger partial charge in [-0.2, -0.15) is 0 Å². The summed E-state index contributed by atoms with van der Waals surface area (Å²) in [5, 5.41) is 12.1. The molecule has 29 heavy (non-hydrogen) atoms. The number of amides is 1. The maximum atomic E-state index is 12.6. The lowest BCUT2D eigenvalue weighted by molar-refractivity contribution is -0.121. The Kier molecular flexibility index (Phi) is 7.80. The molecule has 7 nitrogen and oxygen atoms in total. The van der Waals surface area contributed by atoms with Crippen molar-refractivity contribution >= 4 is 17.7 Å². The fraction of sp³-hybridized carbons (Fsp3) is 0.571. The fourth-order valence-electron chi connectivity index (χ4n) is 3.35. The average Bonchev–Trinajstić information content (AvgIpc) is 2.92. The average molecular weight is 419 g/mol. The maximum absolute atomic E-state index is 12.6. The van der Waals surface area contributed by atoms with E-state index < -0.39 is 0 Å². The molecule has 1 fully saturated rings. The van der Waals surface area contributed by atoms with Crippen molar-refractivity contribution in [1.29, 1.82) is 0 Å². The van der Waals surface area contributed by atoms with Crippen molar-refractivity contribution in [2.24, 2.45) is 7.05 Å². The van der Waals surface area contributed by atoms with E-state index in [2.05, 4.69) is 15.5 Å². The fourth-order valence-corrected chi connectivity index (χ4v) is 4.19. The van der Waals surface area contributed by atoms with Gasteiger partial charge in [0, 0.05) is 13.1 Å². The van der Waals surface area contributed by atoms with Gasteiger partial charge in [0.15, 0.2) is 11.0 Å². The highest BCUT2D eigenvalue weighted by molar-refractivity contribution is 8.00. The molecule has 0 unspecified atom stereocenters. The molecule has 1 aliphatic carbocycles. The third-order valence-electron chi connectivity index (χ3n) is 5.21. The molecule has 1 aromatic heterocycles. The Morgan fingerprint density at radius 3 is 2.48 bits per heavy atom. The van der Waals surface area contributed by atoms with E-state index in [1.54, 1.807) is 7.11 Å². The Labute approximate surface area is 176 Å². The maximum Gasteiger partial charge on any atom is 0.233 e. The summed E-state index contributed by atoms with van der Waals surface area (Å²) >= 11 is 1.42. The van der Waals surface area contributed by atoms with Crippen LogP contribution >= 0.6 is 11.8 Å². The number of hydrogen-bond acceptors (Lipinski definition) is 6. The summed E-state index contributed by atoms with van der Waals surface area (Å²) in [6.07, 6.45) is 7.12. The van der Waals surface area contributed by atoms with Crippen LogP contribution in [0.25, 0.3) is 0 Å². The summed E-state index contributed by atoms with van der Waals surface area (Å²) in [6, 6.07) is 7.71. The van der Waals surface area contributed by atoms with Gasteiger partial charge in [0.2, 0.25) is 5.91 Å². The van der Waals surface area contributed by atoms with Gasteiger partial charge in [-0.3, -0.25) is 4.79 Å². The van der Waals surface area contributed by atoms with Crippen LogP contribution in [0.2, 0.25) is 0 Å². The monoisotopic (exact) mass is 418 g/mol. The number of thioether (sulfide) groups is 1. The Balaban J connectivity index is 1.51. The molecule has 0 spiro atoms. The molecular formula is C21H30N4O3S. The number of nitrogens with zero attached hydrogens (tertiary/aromatic N) is 3. The molecule has 2 aromatic rings. The lowest BCUT2D eigenvalue weighted by atomic mass is 10.1. The Morgan fingerprint density at radius 2 is 1.83 bits per heavy atom. The number of rotatable bonds is 8. The van der Waals surface area contributed by atoms with Gasteiger partial charge < -0.3 is 19.4 Å². The minimum Gasteiger partial charge on any atom is -0.497 e. The highest BCUT2D eigenvalue weighted by atomic mass is 32.2. The largest absolute Gasteiger partial charge is 0.497 e. The highest BCUT2D eigenvalue weighted by Gasteiger charge is 2.22. The third kappa shape index (κ3) is 6.13. The highest BCUT2D eigenvalue weighted by Crippen LogP contribution is 2.24. The SMILES string of the molecule is COc1ccc(OCc2nnc(S[C@@H](C)C(=O)NC3CCCCCC3)n2C)cc1. The predicted molar refractivity (Wildman–Crippen MR) is 113 cm³/mol. The smallest absolute Gasteiger partial charge is 0.233 e. The van der Waals surface area contributed by atoms with Gasteiger partial charge in [-0.05, 0) is 44.0 Å². The topological polar surface area (TPSA) is 78.3 Å². The Hall–Kier alpha value is -2.22. The molecule has 0 bridgehead atoms. The van der Waals surface area contributed by atoms with Crippen molar-refractivity contribution in [2.75, 3.05) is 7.11 Å². The predicted octanol–water partition coefficient (Wildman–Crippen LogP) is 3.72. The second-order valence-corrected chi connectivity index (χ2v) is 8.69. The first-order valence-corrected chi connectivity index (χ1v) is 11.1. The van der Waals surface area contributed by atoms with E-state index in [-0.39, 0.29) is 11.2 Å². The quantitative estimate of drug-likeness (QED) is 0.520. The van der Waals surface area contributed by atoms with E-state index in [1.165, 1.54) is 37.4 Å². The van der Waals surface area contributed by atoms with Crippen LogP contribution in [0.1, 0.15) is 51.3 Å². The van der Waals surface area contributed by atoms with E-state index in [1.807, 2.05) is 42.8 Å².